The molecule has 29 heavy (non-hydrogen) atoms. The van der Waals surface area contributed by atoms with E-state index in [0.29, 0.717) is 18.2 Å². The normalized spacial score (nSPS) is 14.1. The number of nitrogens with zero attached hydrogens (tertiary/aromatic N) is 3. The van der Waals surface area contributed by atoms with Crippen molar-refractivity contribution in [2.75, 3.05) is 19.0 Å². The zero-order chi connectivity index (χ0) is 21.1. The van der Waals surface area contributed by atoms with E-state index in [1.807, 2.05) is 43.4 Å². The summed E-state index contributed by atoms with van der Waals surface area (Å²) in [6, 6.07) is 6.04. The van der Waals surface area contributed by atoms with Gasteiger partial charge in [0.15, 0.2) is 0 Å². The average Bonchev–Trinajstić information content (AvgIpc) is 2.99. The molecule has 0 atom stereocenters. The monoisotopic (exact) mass is 389 g/mol. The van der Waals surface area contributed by atoms with Crippen LogP contribution in [-0.2, 0) is 6.42 Å². The number of pyridine rings is 1. The van der Waals surface area contributed by atoms with Gasteiger partial charge in [-0.25, -0.2) is 4.39 Å². The third-order valence-corrected chi connectivity index (χ3v) is 5.32. The van der Waals surface area contributed by atoms with Crippen LogP contribution in [0.2, 0.25) is 0 Å². The van der Waals surface area contributed by atoms with Gasteiger partial charge in [-0.2, -0.15) is 0 Å². The standard InChI is InChI=1S/C25H28FN3/c1-7-8-9-19(16-28(5)17(2)3)22-12-23(15-27-14-22)20-11-21-10-18(4)29(6)25(21)24(26)13-20/h7-9,11-17H,1,4,10H2,2-3,5-6H3/b9-8-,19-16+. The second-order valence-electron chi connectivity index (χ2n) is 7.67. The van der Waals surface area contributed by atoms with E-state index < -0.39 is 0 Å². The van der Waals surface area contributed by atoms with E-state index in [-0.39, 0.29) is 5.82 Å². The van der Waals surface area contributed by atoms with Crippen LogP contribution in [0.5, 0.6) is 0 Å². The van der Waals surface area contributed by atoms with Crippen LogP contribution < -0.4 is 4.90 Å². The highest BCUT2D eigenvalue weighted by molar-refractivity contribution is 5.79. The molecule has 0 fully saturated rings. The molecule has 0 saturated carbocycles. The molecule has 0 N–H and O–H groups in total. The average molecular weight is 390 g/mol. The highest BCUT2D eigenvalue weighted by Crippen LogP contribution is 2.38. The maximum atomic E-state index is 14.8. The third kappa shape index (κ3) is 4.32. The van der Waals surface area contributed by atoms with Crippen molar-refractivity contribution in [3.63, 3.8) is 0 Å². The van der Waals surface area contributed by atoms with Crippen molar-refractivity contribution in [2.24, 2.45) is 0 Å². The Bertz CT molecular complexity index is 1000. The van der Waals surface area contributed by atoms with Gasteiger partial charge in [0.05, 0.1) is 5.69 Å². The van der Waals surface area contributed by atoms with Gasteiger partial charge in [0.2, 0.25) is 0 Å². The van der Waals surface area contributed by atoms with E-state index in [0.717, 1.165) is 33.5 Å². The Hall–Kier alpha value is -3.14. The number of halogens is 1. The summed E-state index contributed by atoms with van der Waals surface area (Å²) in [5.41, 5.74) is 6.17. The van der Waals surface area contributed by atoms with Gasteiger partial charge in [0.25, 0.3) is 0 Å². The molecule has 0 unspecified atom stereocenters. The predicted molar refractivity (Wildman–Crippen MR) is 121 cm³/mol. The molecule has 3 nitrogen and oxygen atoms in total. The molecule has 1 aromatic carbocycles. The van der Waals surface area contributed by atoms with Gasteiger partial charge in [-0.05, 0) is 48.7 Å². The fraction of sp³-hybridized carbons (Fsp3) is 0.240. The smallest absolute Gasteiger partial charge is 0.147 e. The lowest BCUT2D eigenvalue weighted by atomic mass is 9.99. The van der Waals surface area contributed by atoms with Gasteiger partial charge in [-0.1, -0.05) is 31.4 Å². The van der Waals surface area contributed by atoms with Crippen LogP contribution in [0, 0.1) is 5.82 Å². The molecule has 0 saturated heterocycles. The third-order valence-electron chi connectivity index (χ3n) is 5.32. The number of anilines is 1. The van der Waals surface area contributed by atoms with Crippen molar-refractivity contribution in [3.05, 3.63) is 90.8 Å². The Morgan fingerprint density at radius 3 is 2.69 bits per heavy atom. The molecule has 3 rings (SSSR count). The van der Waals surface area contributed by atoms with E-state index in [2.05, 4.69) is 49.2 Å². The van der Waals surface area contributed by atoms with Crippen molar-refractivity contribution in [2.45, 2.75) is 26.3 Å². The number of aromatic nitrogens is 1. The van der Waals surface area contributed by atoms with E-state index in [1.54, 1.807) is 18.3 Å². The van der Waals surface area contributed by atoms with Gasteiger partial charge in [0.1, 0.15) is 5.82 Å². The Kier molecular flexibility index (Phi) is 6.02. The van der Waals surface area contributed by atoms with Crippen molar-refractivity contribution < 1.29 is 4.39 Å². The Balaban J connectivity index is 2.04. The maximum absolute atomic E-state index is 14.8. The van der Waals surface area contributed by atoms with Crippen LogP contribution in [0.1, 0.15) is 25.0 Å². The summed E-state index contributed by atoms with van der Waals surface area (Å²) in [4.78, 5) is 8.40. The highest BCUT2D eigenvalue weighted by atomic mass is 19.1. The number of likely N-dealkylation sites (N-methyl/N-ethyl adjacent to an activating group) is 1. The van der Waals surface area contributed by atoms with E-state index in [9.17, 15) is 4.39 Å². The molecule has 150 valence electrons. The summed E-state index contributed by atoms with van der Waals surface area (Å²) in [5, 5.41) is 0. The Morgan fingerprint density at radius 1 is 1.24 bits per heavy atom. The van der Waals surface area contributed by atoms with Crippen molar-refractivity contribution in [3.8, 4) is 11.1 Å². The van der Waals surface area contributed by atoms with Gasteiger partial charge in [0, 0.05) is 62.0 Å². The first-order chi connectivity index (χ1) is 13.8. The van der Waals surface area contributed by atoms with Crippen molar-refractivity contribution >= 4 is 11.3 Å². The Morgan fingerprint density at radius 2 is 2.00 bits per heavy atom. The van der Waals surface area contributed by atoms with Crippen molar-refractivity contribution in [1.29, 1.82) is 0 Å². The fourth-order valence-corrected chi connectivity index (χ4v) is 3.34. The van der Waals surface area contributed by atoms with Gasteiger partial charge < -0.3 is 9.80 Å². The van der Waals surface area contributed by atoms with Crippen LogP contribution in [0.3, 0.4) is 0 Å². The lowest BCUT2D eigenvalue weighted by molar-refractivity contribution is 0.377. The van der Waals surface area contributed by atoms with Crippen LogP contribution >= 0.6 is 0 Å². The molecule has 0 spiro atoms. The van der Waals surface area contributed by atoms with E-state index >= 15 is 0 Å². The van der Waals surface area contributed by atoms with Gasteiger partial charge in [-0.3, -0.25) is 4.98 Å². The second-order valence-corrected chi connectivity index (χ2v) is 7.67. The minimum atomic E-state index is -0.231. The first-order valence-corrected chi connectivity index (χ1v) is 9.74. The summed E-state index contributed by atoms with van der Waals surface area (Å²) in [6.45, 7) is 12.1. The molecular weight excluding hydrogens is 361 g/mol. The van der Waals surface area contributed by atoms with E-state index in [4.69, 9.17) is 0 Å². The SMILES string of the molecule is C=C/C=C\C(=C/N(C)C(C)C)c1cncc(-c2cc(F)c3c(c2)CC(=C)N3C)c1. The highest BCUT2D eigenvalue weighted by Gasteiger charge is 2.24. The summed E-state index contributed by atoms with van der Waals surface area (Å²) in [5.74, 6) is -0.231. The molecule has 0 aliphatic carbocycles. The van der Waals surface area contributed by atoms with Crippen LogP contribution in [0.25, 0.3) is 16.7 Å². The molecule has 2 aromatic rings. The Labute approximate surface area is 173 Å². The fourth-order valence-electron chi connectivity index (χ4n) is 3.34. The summed E-state index contributed by atoms with van der Waals surface area (Å²) in [7, 11) is 3.90. The lowest BCUT2D eigenvalue weighted by Crippen LogP contribution is -2.20. The summed E-state index contributed by atoms with van der Waals surface area (Å²) >= 11 is 0. The first kappa shape index (κ1) is 20.6. The quantitative estimate of drug-likeness (QED) is 0.581. The summed E-state index contributed by atoms with van der Waals surface area (Å²) in [6.07, 6.45) is 12.0. The minimum Gasteiger partial charge on any atom is -0.377 e. The molecule has 0 bridgehead atoms. The number of hydrogen-bond acceptors (Lipinski definition) is 3. The number of allylic oxidation sites excluding steroid dienone is 5. The van der Waals surface area contributed by atoms with Crippen LogP contribution in [-0.4, -0.2) is 30.0 Å². The topological polar surface area (TPSA) is 19.4 Å². The first-order valence-electron chi connectivity index (χ1n) is 9.74. The molecule has 1 aliphatic rings. The zero-order valence-corrected chi connectivity index (χ0v) is 17.6. The van der Waals surface area contributed by atoms with Crippen LogP contribution in [0.4, 0.5) is 10.1 Å². The molecule has 2 heterocycles. The molecule has 1 aliphatic heterocycles. The molecular formula is C25H28FN3. The van der Waals surface area contributed by atoms with Gasteiger partial charge >= 0.3 is 0 Å². The van der Waals surface area contributed by atoms with Crippen molar-refractivity contribution in [1.82, 2.24) is 9.88 Å². The molecule has 4 heteroatoms. The number of rotatable bonds is 6. The molecule has 1 aromatic heterocycles. The largest absolute Gasteiger partial charge is 0.377 e. The van der Waals surface area contributed by atoms with Crippen LogP contribution in [0.15, 0.2) is 73.9 Å². The zero-order valence-electron chi connectivity index (χ0n) is 17.6. The molecule has 0 amide bonds. The maximum Gasteiger partial charge on any atom is 0.147 e. The second kappa shape index (κ2) is 8.48. The number of fused-ring (bicyclic) bond motifs is 1. The lowest BCUT2D eigenvalue weighted by Gasteiger charge is -2.20. The summed E-state index contributed by atoms with van der Waals surface area (Å²) < 4.78 is 14.8. The number of hydrogen-bond donors (Lipinski definition) is 0. The van der Waals surface area contributed by atoms with Gasteiger partial charge in [-0.15, -0.1) is 0 Å². The molecule has 0 radical (unpaired) electrons. The van der Waals surface area contributed by atoms with E-state index in [1.165, 1.54) is 0 Å². The number of benzene rings is 1. The predicted octanol–water partition coefficient (Wildman–Crippen LogP) is 5.82. The minimum absolute atomic E-state index is 0.231.